The standard InChI is InChI=1S/C7H12O2/c1-2-3-4-6-9-7-5-8/h8H,4-7H2,1H3. The summed E-state index contributed by atoms with van der Waals surface area (Å²) < 4.78 is 4.93. The van der Waals surface area contributed by atoms with Gasteiger partial charge in [0, 0.05) is 6.42 Å². The average Bonchev–Trinajstić information content (AvgIpc) is 1.89. The molecule has 9 heavy (non-hydrogen) atoms. The normalized spacial score (nSPS) is 8.22. The van der Waals surface area contributed by atoms with Gasteiger partial charge in [-0.3, -0.25) is 0 Å². The summed E-state index contributed by atoms with van der Waals surface area (Å²) in [5.41, 5.74) is 0. The molecule has 0 aromatic rings. The highest BCUT2D eigenvalue weighted by atomic mass is 16.5. The molecule has 0 atom stereocenters. The summed E-state index contributed by atoms with van der Waals surface area (Å²) in [6, 6.07) is 0. The Bertz CT molecular complexity index is 99.2. The van der Waals surface area contributed by atoms with Crippen LogP contribution in [0.3, 0.4) is 0 Å². The molecule has 0 saturated carbocycles. The third-order valence-corrected chi connectivity index (χ3v) is 0.784. The molecule has 2 nitrogen and oxygen atoms in total. The lowest BCUT2D eigenvalue weighted by molar-refractivity contribution is 0.0963. The first-order valence-electron chi connectivity index (χ1n) is 3.00. The van der Waals surface area contributed by atoms with Crippen LogP contribution < -0.4 is 0 Å². The summed E-state index contributed by atoms with van der Waals surface area (Å²) in [4.78, 5) is 0. The van der Waals surface area contributed by atoms with Crippen molar-refractivity contribution >= 4 is 0 Å². The fourth-order valence-corrected chi connectivity index (χ4v) is 0.415. The third-order valence-electron chi connectivity index (χ3n) is 0.784. The van der Waals surface area contributed by atoms with Crippen LogP contribution in [-0.4, -0.2) is 24.9 Å². The van der Waals surface area contributed by atoms with E-state index in [1.165, 1.54) is 0 Å². The van der Waals surface area contributed by atoms with Crippen LogP contribution in [0.25, 0.3) is 0 Å². The van der Waals surface area contributed by atoms with Gasteiger partial charge in [-0.2, -0.15) is 0 Å². The maximum Gasteiger partial charge on any atom is 0.0698 e. The minimum atomic E-state index is 0.0968. The maximum absolute atomic E-state index is 8.26. The molecule has 0 fully saturated rings. The first kappa shape index (κ1) is 8.48. The molecule has 0 unspecified atom stereocenters. The molecule has 0 aliphatic rings. The van der Waals surface area contributed by atoms with Crippen molar-refractivity contribution in [3.05, 3.63) is 0 Å². The molecular weight excluding hydrogens is 116 g/mol. The zero-order valence-electron chi connectivity index (χ0n) is 5.68. The molecule has 0 aliphatic carbocycles. The lowest BCUT2D eigenvalue weighted by Gasteiger charge is -1.95. The SMILES string of the molecule is CC#CCCOCCO. The number of rotatable bonds is 4. The minimum Gasteiger partial charge on any atom is -0.394 e. The Morgan fingerprint density at radius 1 is 1.44 bits per heavy atom. The Labute approximate surface area is 55.8 Å². The third kappa shape index (κ3) is 7.48. The average molecular weight is 128 g/mol. The molecular formula is C7H12O2. The van der Waals surface area contributed by atoms with E-state index in [0.29, 0.717) is 13.2 Å². The van der Waals surface area contributed by atoms with E-state index in [9.17, 15) is 0 Å². The van der Waals surface area contributed by atoms with Gasteiger partial charge in [0.15, 0.2) is 0 Å². The Morgan fingerprint density at radius 2 is 2.22 bits per heavy atom. The predicted octanol–water partition coefficient (Wildman–Crippen LogP) is 0.409. The van der Waals surface area contributed by atoms with Crippen molar-refractivity contribution in [2.75, 3.05) is 19.8 Å². The van der Waals surface area contributed by atoms with Gasteiger partial charge in [-0.1, -0.05) is 0 Å². The molecule has 52 valence electrons. The first-order valence-corrected chi connectivity index (χ1v) is 3.00. The fourth-order valence-electron chi connectivity index (χ4n) is 0.415. The van der Waals surface area contributed by atoms with Gasteiger partial charge >= 0.3 is 0 Å². The molecule has 0 radical (unpaired) electrons. The molecule has 0 bridgehead atoms. The van der Waals surface area contributed by atoms with Crippen LogP contribution in [0, 0.1) is 11.8 Å². The molecule has 1 N–H and O–H groups in total. The second-order valence-corrected chi connectivity index (χ2v) is 1.51. The van der Waals surface area contributed by atoms with Crippen LogP contribution in [0.5, 0.6) is 0 Å². The van der Waals surface area contributed by atoms with E-state index in [1.807, 2.05) is 0 Å². The zero-order valence-corrected chi connectivity index (χ0v) is 5.68. The van der Waals surface area contributed by atoms with Gasteiger partial charge in [-0.15, -0.1) is 11.8 Å². The Balaban J connectivity index is 2.80. The topological polar surface area (TPSA) is 29.5 Å². The van der Waals surface area contributed by atoms with Gasteiger partial charge in [0.05, 0.1) is 19.8 Å². The Kier molecular flexibility index (Phi) is 7.05. The van der Waals surface area contributed by atoms with Crippen LogP contribution in [0.1, 0.15) is 13.3 Å². The summed E-state index contributed by atoms with van der Waals surface area (Å²) in [7, 11) is 0. The molecule has 0 aliphatic heterocycles. The highest BCUT2D eigenvalue weighted by Crippen LogP contribution is 1.78. The Hall–Kier alpha value is -0.520. The van der Waals surface area contributed by atoms with Crippen LogP contribution in [0.2, 0.25) is 0 Å². The molecule has 0 spiro atoms. The number of hydrogen-bond acceptors (Lipinski definition) is 2. The number of hydrogen-bond donors (Lipinski definition) is 1. The smallest absolute Gasteiger partial charge is 0.0698 e. The second-order valence-electron chi connectivity index (χ2n) is 1.51. The van der Waals surface area contributed by atoms with Crippen LogP contribution >= 0.6 is 0 Å². The van der Waals surface area contributed by atoms with Crippen molar-refractivity contribution in [1.82, 2.24) is 0 Å². The minimum absolute atomic E-state index is 0.0968. The van der Waals surface area contributed by atoms with Gasteiger partial charge in [0.2, 0.25) is 0 Å². The van der Waals surface area contributed by atoms with Crippen molar-refractivity contribution in [2.24, 2.45) is 0 Å². The summed E-state index contributed by atoms with van der Waals surface area (Å²) in [5, 5.41) is 8.26. The van der Waals surface area contributed by atoms with Crippen molar-refractivity contribution < 1.29 is 9.84 Å². The number of ether oxygens (including phenoxy) is 1. The number of aliphatic hydroxyl groups excluding tert-OH is 1. The van der Waals surface area contributed by atoms with E-state index in [2.05, 4.69) is 11.8 Å². The zero-order chi connectivity index (χ0) is 6.95. The lowest BCUT2D eigenvalue weighted by atomic mass is 10.4. The molecule has 0 saturated heterocycles. The van der Waals surface area contributed by atoms with Crippen molar-refractivity contribution in [3.63, 3.8) is 0 Å². The van der Waals surface area contributed by atoms with Gasteiger partial charge in [-0.25, -0.2) is 0 Å². The maximum atomic E-state index is 8.26. The van der Waals surface area contributed by atoms with E-state index in [-0.39, 0.29) is 6.61 Å². The summed E-state index contributed by atoms with van der Waals surface area (Å²) in [6.07, 6.45) is 0.760. The molecule has 0 aromatic heterocycles. The molecule has 0 rings (SSSR count). The van der Waals surface area contributed by atoms with E-state index in [1.54, 1.807) is 6.92 Å². The van der Waals surface area contributed by atoms with E-state index in [0.717, 1.165) is 6.42 Å². The lowest BCUT2D eigenvalue weighted by Crippen LogP contribution is -1.99. The Morgan fingerprint density at radius 3 is 2.78 bits per heavy atom. The highest BCUT2D eigenvalue weighted by Gasteiger charge is 1.81. The largest absolute Gasteiger partial charge is 0.394 e. The van der Waals surface area contributed by atoms with E-state index >= 15 is 0 Å². The molecule has 2 heteroatoms. The summed E-state index contributed by atoms with van der Waals surface area (Å²) in [5.74, 6) is 5.60. The number of aliphatic hydroxyl groups is 1. The van der Waals surface area contributed by atoms with Gasteiger partial charge < -0.3 is 9.84 Å². The fraction of sp³-hybridized carbons (Fsp3) is 0.714. The second kappa shape index (κ2) is 7.48. The predicted molar refractivity (Wildman–Crippen MR) is 36.0 cm³/mol. The quantitative estimate of drug-likeness (QED) is 0.439. The summed E-state index contributed by atoms with van der Waals surface area (Å²) in [6.45, 7) is 2.94. The van der Waals surface area contributed by atoms with Gasteiger partial charge in [-0.05, 0) is 6.92 Å². The van der Waals surface area contributed by atoms with Gasteiger partial charge in [0.1, 0.15) is 0 Å². The molecule has 0 amide bonds. The molecule has 0 aromatic carbocycles. The highest BCUT2D eigenvalue weighted by molar-refractivity contribution is 4.94. The van der Waals surface area contributed by atoms with Crippen molar-refractivity contribution in [2.45, 2.75) is 13.3 Å². The monoisotopic (exact) mass is 128 g/mol. The first-order chi connectivity index (χ1) is 4.41. The van der Waals surface area contributed by atoms with Gasteiger partial charge in [0.25, 0.3) is 0 Å². The van der Waals surface area contributed by atoms with Crippen LogP contribution in [0.15, 0.2) is 0 Å². The van der Waals surface area contributed by atoms with Crippen molar-refractivity contribution in [3.8, 4) is 11.8 Å². The van der Waals surface area contributed by atoms with E-state index < -0.39 is 0 Å². The summed E-state index contributed by atoms with van der Waals surface area (Å²) >= 11 is 0. The molecule has 0 heterocycles. The van der Waals surface area contributed by atoms with E-state index in [4.69, 9.17) is 9.84 Å². The van der Waals surface area contributed by atoms with Crippen LogP contribution in [0.4, 0.5) is 0 Å². The van der Waals surface area contributed by atoms with Crippen molar-refractivity contribution in [1.29, 1.82) is 0 Å². The van der Waals surface area contributed by atoms with Crippen LogP contribution in [-0.2, 0) is 4.74 Å².